The number of hydrogen-bond acceptors (Lipinski definition) is 2. The highest BCUT2D eigenvalue weighted by Crippen LogP contribution is 2.31. The molecular weight excluding hydrogens is 400 g/mol. The van der Waals surface area contributed by atoms with Crippen LogP contribution in [0.2, 0.25) is 0 Å². The van der Waals surface area contributed by atoms with Gasteiger partial charge in [0.15, 0.2) is 0 Å². The maximum absolute atomic E-state index is 12.7. The first-order chi connectivity index (χ1) is 9.97. The zero-order valence-corrected chi connectivity index (χ0v) is 14.7. The molecule has 0 bridgehead atoms. The van der Waals surface area contributed by atoms with Crippen molar-refractivity contribution in [3.8, 4) is 0 Å². The van der Waals surface area contributed by atoms with E-state index in [9.17, 15) is 9.90 Å². The van der Waals surface area contributed by atoms with Crippen LogP contribution in [0.5, 0.6) is 0 Å². The number of likely N-dealkylation sites (tertiary alicyclic amines) is 1. The second kappa shape index (κ2) is 5.74. The molecule has 0 aliphatic carbocycles. The third-order valence-electron chi connectivity index (χ3n) is 4.15. The number of hydrogen-bond donors (Lipinski definition) is 2. The van der Waals surface area contributed by atoms with Crippen LogP contribution in [0.4, 0.5) is 0 Å². The fraction of sp³-hybridized carbons (Fsp3) is 0.400. The number of aromatic amines is 1. The van der Waals surface area contributed by atoms with Gasteiger partial charge in [-0.25, -0.2) is 0 Å². The molecule has 0 saturated carbocycles. The van der Waals surface area contributed by atoms with Crippen LogP contribution < -0.4 is 0 Å². The van der Waals surface area contributed by atoms with Gasteiger partial charge in [0.05, 0.1) is 11.7 Å². The van der Waals surface area contributed by atoms with Crippen molar-refractivity contribution in [3.63, 3.8) is 0 Å². The van der Waals surface area contributed by atoms with Gasteiger partial charge >= 0.3 is 0 Å². The van der Waals surface area contributed by atoms with E-state index in [4.69, 9.17) is 0 Å². The predicted octanol–water partition coefficient (Wildman–Crippen LogP) is 3.54. The van der Waals surface area contributed by atoms with Crippen LogP contribution in [0.1, 0.15) is 23.7 Å². The lowest BCUT2D eigenvalue weighted by molar-refractivity contribution is 0.0764. The molecule has 1 aliphatic heterocycles. The Hall–Kier alpha value is -0.850. The number of halogens is 2. The molecule has 2 aromatic rings. The lowest BCUT2D eigenvalue weighted by Gasteiger charge is -2.17. The molecule has 112 valence electrons. The Labute approximate surface area is 139 Å². The molecule has 1 aliphatic rings. The van der Waals surface area contributed by atoms with Gasteiger partial charge in [0.1, 0.15) is 0 Å². The van der Waals surface area contributed by atoms with E-state index >= 15 is 0 Å². The van der Waals surface area contributed by atoms with Crippen molar-refractivity contribution < 1.29 is 9.90 Å². The summed E-state index contributed by atoms with van der Waals surface area (Å²) in [5.41, 5.74) is 1.61. The number of carbonyl (C=O) groups is 1. The van der Waals surface area contributed by atoms with E-state index in [1.807, 2.05) is 17.0 Å². The highest BCUT2D eigenvalue weighted by atomic mass is 79.9. The molecule has 1 aromatic carbocycles. The van der Waals surface area contributed by atoms with Gasteiger partial charge in [0.25, 0.3) is 5.91 Å². The SMILES string of the molecule is CC(O)C1CCN(C(=O)c2c[nH]c3cc(Br)c(Br)cc23)C1. The van der Waals surface area contributed by atoms with Crippen molar-refractivity contribution in [1.29, 1.82) is 0 Å². The van der Waals surface area contributed by atoms with Crippen molar-refractivity contribution >= 4 is 48.7 Å². The number of carbonyl (C=O) groups excluding carboxylic acids is 1. The Bertz CT molecular complexity index is 696. The van der Waals surface area contributed by atoms with Crippen LogP contribution in [-0.4, -0.2) is 40.1 Å². The summed E-state index contributed by atoms with van der Waals surface area (Å²) in [7, 11) is 0. The Balaban J connectivity index is 1.90. The van der Waals surface area contributed by atoms with E-state index in [1.54, 1.807) is 13.1 Å². The number of nitrogens with one attached hydrogen (secondary N) is 1. The van der Waals surface area contributed by atoms with E-state index in [0.29, 0.717) is 18.7 Å². The third-order valence-corrected chi connectivity index (χ3v) is 5.99. The molecule has 3 rings (SSSR count). The van der Waals surface area contributed by atoms with E-state index in [1.165, 1.54) is 0 Å². The molecule has 1 aromatic heterocycles. The van der Waals surface area contributed by atoms with Crippen LogP contribution in [0.15, 0.2) is 27.3 Å². The number of H-pyrrole nitrogens is 1. The highest BCUT2D eigenvalue weighted by Gasteiger charge is 2.30. The molecule has 0 spiro atoms. The lowest BCUT2D eigenvalue weighted by atomic mass is 10.0. The Kier molecular flexibility index (Phi) is 4.12. The van der Waals surface area contributed by atoms with Gasteiger partial charge in [-0.15, -0.1) is 0 Å². The van der Waals surface area contributed by atoms with Crippen LogP contribution in [0, 0.1) is 5.92 Å². The molecule has 2 N–H and O–H groups in total. The average molecular weight is 416 g/mol. The molecule has 6 heteroatoms. The highest BCUT2D eigenvalue weighted by molar-refractivity contribution is 9.13. The van der Waals surface area contributed by atoms with Gasteiger partial charge in [-0.2, -0.15) is 0 Å². The fourth-order valence-electron chi connectivity index (χ4n) is 2.83. The van der Waals surface area contributed by atoms with E-state index in [2.05, 4.69) is 36.8 Å². The summed E-state index contributed by atoms with van der Waals surface area (Å²) in [5.74, 6) is 0.207. The molecule has 1 saturated heterocycles. The fourth-order valence-corrected chi connectivity index (χ4v) is 3.52. The van der Waals surface area contributed by atoms with E-state index in [0.717, 1.165) is 26.3 Å². The van der Waals surface area contributed by atoms with Gasteiger partial charge in [-0.3, -0.25) is 4.79 Å². The number of aliphatic hydroxyl groups is 1. The molecule has 2 atom stereocenters. The number of benzene rings is 1. The Morgan fingerprint density at radius 1 is 1.43 bits per heavy atom. The zero-order chi connectivity index (χ0) is 15.1. The minimum absolute atomic E-state index is 0.0265. The molecule has 1 amide bonds. The summed E-state index contributed by atoms with van der Waals surface area (Å²) < 4.78 is 1.87. The predicted molar refractivity (Wildman–Crippen MR) is 89.4 cm³/mol. The quantitative estimate of drug-likeness (QED) is 0.788. The van der Waals surface area contributed by atoms with Crippen LogP contribution in [0.25, 0.3) is 10.9 Å². The van der Waals surface area contributed by atoms with Gasteiger partial charge in [-0.1, -0.05) is 0 Å². The summed E-state index contributed by atoms with van der Waals surface area (Å²) in [6.07, 6.45) is 2.26. The standard InChI is InChI=1S/C15H16Br2N2O2/c1-8(20)9-2-3-19(7-9)15(21)11-6-18-14-5-13(17)12(16)4-10(11)14/h4-6,8-9,18,20H,2-3,7H2,1H3. The Morgan fingerprint density at radius 2 is 2.14 bits per heavy atom. The Morgan fingerprint density at radius 3 is 2.81 bits per heavy atom. The van der Waals surface area contributed by atoms with E-state index < -0.39 is 0 Å². The summed E-state index contributed by atoms with van der Waals surface area (Å²) in [4.78, 5) is 17.7. The summed E-state index contributed by atoms with van der Waals surface area (Å²) >= 11 is 6.94. The summed E-state index contributed by atoms with van der Waals surface area (Å²) in [6, 6.07) is 3.91. The van der Waals surface area contributed by atoms with Crippen molar-refractivity contribution in [2.45, 2.75) is 19.4 Å². The molecule has 4 nitrogen and oxygen atoms in total. The smallest absolute Gasteiger partial charge is 0.256 e. The number of rotatable bonds is 2. The monoisotopic (exact) mass is 414 g/mol. The number of amides is 1. The molecule has 0 radical (unpaired) electrons. The van der Waals surface area contributed by atoms with Crippen molar-refractivity contribution in [2.75, 3.05) is 13.1 Å². The van der Waals surface area contributed by atoms with Gasteiger partial charge in [0.2, 0.25) is 0 Å². The van der Waals surface area contributed by atoms with Crippen LogP contribution in [0.3, 0.4) is 0 Å². The largest absolute Gasteiger partial charge is 0.393 e. The van der Waals surface area contributed by atoms with Crippen molar-refractivity contribution in [1.82, 2.24) is 9.88 Å². The molecule has 2 unspecified atom stereocenters. The van der Waals surface area contributed by atoms with E-state index in [-0.39, 0.29) is 17.9 Å². The summed E-state index contributed by atoms with van der Waals surface area (Å²) in [5, 5.41) is 10.6. The second-order valence-electron chi connectivity index (χ2n) is 5.55. The van der Waals surface area contributed by atoms with Crippen LogP contribution >= 0.6 is 31.9 Å². The topological polar surface area (TPSA) is 56.3 Å². The number of aliphatic hydroxyl groups excluding tert-OH is 1. The molecule has 21 heavy (non-hydrogen) atoms. The first-order valence-corrected chi connectivity index (χ1v) is 8.49. The zero-order valence-electron chi connectivity index (χ0n) is 11.6. The molecule has 2 heterocycles. The van der Waals surface area contributed by atoms with Gasteiger partial charge < -0.3 is 15.0 Å². The third kappa shape index (κ3) is 2.76. The molecular formula is C15H16Br2N2O2. The minimum Gasteiger partial charge on any atom is -0.393 e. The van der Waals surface area contributed by atoms with Gasteiger partial charge in [0, 0.05) is 45.1 Å². The lowest BCUT2D eigenvalue weighted by Crippen LogP contribution is -2.30. The van der Waals surface area contributed by atoms with Crippen molar-refractivity contribution in [2.24, 2.45) is 5.92 Å². The maximum atomic E-state index is 12.7. The number of fused-ring (bicyclic) bond motifs is 1. The van der Waals surface area contributed by atoms with Crippen molar-refractivity contribution in [3.05, 3.63) is 32.8 Å². The summed E-state index contributed by atoms with van der Waals surface area (Å²) in [6.45, 7) is 3.12. The van der Waals surface area contributed by atoms with Crippen LogP contribution in [-0.2, 0) is 0 Å². The number of nitrogens with zero attached hydrogens (tertiary/aromatic N) is 1. The number of aromatic nitrogens is 1. The van der Waals surface area contributed by atoms with Gasteiger partial charge in [-0.05, 0) is 57.3 Å². The normalized spacial score (nSPS) is 20.2. The first-order valence-electron chi connectivity index (χ1n) is 6.91. The average Bonchev–Trinajstić information content (AvgIpc) is 3.05. The first kappa shape index (κ1) is 15.1. The maximum Gasteiger partial charge on any atom is 0.256 e. The minimum atomic E-state index is -0.365. The molecule has 1 fully saturated rings. The second-order valence-corrected chi connectivity index (χ2v) is 7.26.